The zero-order chi connectivity index (χ0) is 19.3. The van der Waals surface area contributed by atoms with Gasteiger partial charge in [-0.1, -0.05) is 6.07 Å². The van der Waals surface area contributed by atoms with Crippen molar-refractivity contribution in [2.45, 2.75) is 6.92 Å². The SMILES string of the molecule is COc1ccc(N=c2scc(-c3cccs3)n2/N=C(\C)c2ccncc2)cc1. The Morgan fingerprint density at radius 3 is 2.50 bits per heavy atom. The molecule has 0 aliphatic heterocycles. The van der Waals surface area contributed by atoms with Crippen molar-refractivity contribution >= 4 is 34.1 Å². The molecule has 5 nitrogen and oxygen atoms in total. The molecule has 3 heterocycles. The minimum atomic E-state index is 0.807. The molecule has 28 heavy (non-hydrogen) atoms. The molecule has 4 rings (SSSR count). The number of pyridine rings is 1. The zero-order valence-corrected chi connectivity index (χ0v) is 17.1. The van der Waals surface area contributed by atoms with Crippen LogP contribution in [0.4, 0.5) is 5.69 Å². The van der Waals surface area contributed by atoms with Crippen LogP contribution in [0, 0.1) is 0 Å². The van der Waals surface area contributed by atoms with Crippen LogP contribution in [-0.2, 0) is 0 Å². The second kappa shape index (κ2) is 8.33. The third kappa shape index (κ3) is 3.95. The fraction of sp³-hybridized carbons (Fsp3) is 0.0952. The van der Waals surface area contributed by atoms with Gasteiger partial charge in [0.05, 0.1) is 29.1 Å². The summed E-state index contributed by atoms with van der Waals surface area (Å²) in [6, 6.07) is 15.7. The molecule has 3 aromatic heterocycles. The van der Waals surface area contributed by atoms with E-state index in [4.69, 9.17) is 14.8 Å². The van der Waals surface area contributed by atoms with E-state index in [9.17, 15) is 0 Å². The Hall–Kier alpha value is -3.03. The van der Waals surface area contributed by atoms with Crippen LogP contribution in [0.15, 0.2) is 81.8 Å². The molecule has 0 saturated carbocycles. The summed E-state index contributed by atoms with van der Waals surface area (Å²) >= 11 is 3.25. The molecule has 0 saturated heterocycles. The minimum absolute atomic E-state index is 0.807. The maximum Gasteiger partial charge on any atom is 0.211 e. The van der Waals surface area contributed by atoms with Gasteiger partial charge in [-0.2, -0.15) is 5.10 Å². The smallest absolute Gasteiger partial charge is 0.211 e. The number of thiazole rings is 1. The van der Waals surface area contributed by atoms with Gasteiger partial charge >= 0.3 is 0 Å². The summed E-state index contributed by atoms with van der Waals surface area (Å²) in [6.07, 6.45) is 3.55. The molecular weight excluding hydrogens is 388 g/mol. The van der Waals surface area contributed by atoms with E-state index in [0.29, 0.717) is 0 Å². The first kappa shape index (κ1) is 18.3. The first-order valence-corrected chi connectivity index (χ1v) is 10.4. The number of hydrogen-bond donors (Lipinski definition) is 0. The van der Waals surface area contributed by atoms with Crippen molar-refractivity contribution in [3.05, 3.63) is 82.0 Å². The molecule has 0 spiro atoms. The molecule has 0 fully saturated rings. The summed E-state index contributed by atoms with van der Waals surface area (Å²) in [5.41, 5.74) is 3.81. The number of benzene rings is 1. The van der Waals surface area contributed by atoms with Crippen molar-refractivity contribution in [1.82, 2.24) is 9.66 Å². The molecule has 0 bridgehead atoms. The van der Waals surface area contributed by atoms with Gasteiger partial charge in [-0.15, -0.1) is 22.7 Å². The quantitative estimate of drug-likeness (QED) is 0.429. The Morgan fingerprint density at radius 2 is 1.82 bits per heavy atom. The maximum absolute atomic E-state index is 5.23. The van der Waals surface area contributed by atoms with E-state index in [1.54, 1.807) is 42.2 Å². The van der Waals surface area contributed by atoms with Gasteiger partial charge in [0, 0.05) is 23.3 Å². The van der Waals surface area contributed by atoms with E-state index >= 15 is 0 Å². The van der Waals surface area contributed by atoms with Crippen molar-refractivity contribution in [1.29, 1.82) is 0 Å². The number of nitrogens with zero attached hydrogens (tertiary/aromatic N) is 4. The molecule has 0 unspecified atom stereocenters. The highest BCUT2D eigenvalue weighted by Crippen LogP contribution is 2.26. The summed E-state index contributed by atoms with van der Waals surface area (Å²) < 4.78 is 7.14. The summed E-state index contributed by atoms with van der Waals surface area (Å²) in [4.78, 5) is 10.8. The number of thiophene rings is 1. The van der Waals surface area contributed by atoms with E-state index in [1.165, 1.54) is 0 Å². The average Bonchev–Trinajstić information content (AvgIpc) is 3.40. The molecule has 4 aromatic rings. The maximum atomic E-state index is 5.23. The van der Waals surface area contributed by atoms with Crippen molar-refractivity contribution in [2.75, 3.05) is 7.11 Å². The van der Waals surface area contributed by atoms with Gasteiger partial charge in [0.25, 0.3) is 0 Å². The molecule has 0 atom stereocenters. The Kier molecular flexibility index (Phi) is 5.45. The predicted octanol–water partition coefficient (Wildman–Crippen LogP) is 5.19. The first-order chi connectivity index (χ1) is 13.7. The van der Waals surface area contributed by atoms with Crippen LogP contribution in [0.5, 0.6) is 5.75 Å². The fourth-order valence-electron chi connectivity index (χ4n) is 2.64. The van der Waals surface area contributed by atoms with Crippen LogP contribution in [-0.4, -0.2) is 22.5 Å². The lowest BCUT2D eigenvalue weighted by Gasteiger charge is -2.05. The van der Waals surface area contributed by atoms with Crippen LogP contribution in [0.3, 0.4) is 0 Å². The summed E-state index contributed by atoms with van der Waals surface area (Å²) in [5, 5.41) is 9.04. The van der Waals surface area contributed by atoms with E-state index in [1.807, 2.05) is 54.1 Å². The highest BCUT2D eigenvalue weighted by molar-refractivity contribution is 7.14. The van der Waals surface area contributed by atoms with Crippen molar-refractivity contribution in [2.24, 2.45) is 10.1 Å². The second-order valence-electron chi connectivity index (χ2n) is 5.92. The van der Waals surface area contributed by atoms with Crippen LogP contribution in [0.1, 0.15) is 12.5 Å². The van der Waals surface area contributed by atoms with Gasteiger partial charge in [0.15, 0.2) is 0 Å². The first-order valence-electron chi connectivity index (χ1n) is 8.64. The van der Waals surface area contributed by atoms with Crippen molar-refractivity contribution < 1.29 is 4.74 Å². The lowest BCUT2D eigenvalue weighted by molar-refractivity contribution is 0.415. The number of methoxy groups -OCH3 is 1. The van der Waals surface area contributed by atoms with Crippen molar-refractivity contribution in [3.8, 4) is 16.3 Å². The molecule has 0 radical (unpaired) electrons. The van der Waals surface area contributed by atoms with E-state index in [-0.39, 0.29) is 0 Å². The largest absolute Gasteiger partial charge is 0.497 e. The van der Waals surface area contributed by atoms with Gasteiger partial charge in [-0.25, -0.2) is 9.67 Å². The number of hydrogen-bond acceptors (Lipinski definition) is 6. The van der Waals surface area contributed by atoms with Crippen LogP contribution in [0.2, 0.25) is 0 Å². The Balaban J connectivity index is 1.84. The highest BCUT2D eigenvalue weighted by Gasteiger charge is 2.10. The molecule has 7 heteroatoms. The van der Waals surface area contributed by atoms with Crippen LogP contribution >= 0.6 is 22.7 Å². The van der Waals surface area contributed by atoms with E-state index in [0.717, 1.165) is 38.1 Å². The van der Waals surface area contributed by atoms with Gasteiger partial charge in [0.2, 0.25) is 4.80 Å². The topological polar surface area (TPSA) is 51.8 Å². The standard InChI is InChI=1S/C21H18N4OS2/c1-15(16-9-11-22-12-10-16)24-25-19(20-4-3-13-27-20)14-28-21(25)23-17-5-7-18(26-2)8-6-17/h3-14H,1-2H3/b23-21?,24-15+. The Bertz CT molecular complexity index is 1140. The van der Waals surface area contributed by atoms with Gasteiger partial charge in [-0.3, -0.25) is 4.98 Å². The number of ether oxygens (including phenoxy) is 1. The minimum Gasteiger partial charge on any atom is -0.497 e. The van der Waals surface area contributed by atoms with Crippen LogP contribution < -0.4 is 9.54 Å². The summed E-state index contributed by atoms with van der Waals surface area (Å²) in [7, 11) is 1.66. The summed E-state index contributed by atoms with van der Waals surface area (Å²) in [6.45, 7) is 2.00. The van der Waals surface area contributed by atoms with Crippen LogP contribution in [0.25, 0.3) is 10.6 Å². The highest BCUT2D eigenvalue weighted by atomic mass is 32.1. The second-order valence-corrected chi connectivity index (χ2v) is 7.71. The molecule has 0 aliphatic rings. The molecule has 140 valence electrons. The zero-order valence-electron chi connectivity index (χ0n) is 15.4. The molecule has 1 aromatic carbocycles. The third-order valence-electron chi connectivity index (χ3n) is 4.10. The molecule has 0 amide bonds. The normalized spacial score (nSPS) is 12.4. The van der Waals surface area contributed by atoms with Gasteiger partial charge < -0.3 is 4.74 Å². The average molecular weight is 407 g/mol. The number of rotatable bonds is 5. The monoisotopic (exact) mass is 406 g/mol. The summed E-state index contributed by atoms with van der Waals surface area (Å²) in [5.74, 6) is 0.809. The number of aromatic nitrogens is 2. The Labute approximate surface area is 171 Å². The molecule has 0 aliphatic carbocycles. The van der Waals surface area contributed by atoms with Crippen molar-refractivity contribution in [3.63, 3.8) is 0 Å². The lowest BCUT2D eigenvalue weighted by Crippen LogP contribution is -2.13. The third-order valence-corrected chi connectivity index (χ3v) is 5.81. The molecule has 0 N–H and O–H groups in total. The van der Waals surface area contributed by atoms with Gasteiger partial charge in [0.1, 0.15) is 5.75 Å². The van der Waals surface area contributed by atoms with E-state index in [2.05, 4.69) is 21.8 Å². The fourth-order valence-corrected chi connectivity index (χ4v) is 4.28. The lowest BCUT2D eigenvalue weighted by atomic mass is 10.2. The predicted molar refractivity (Wildman–Crippen MR) is 116 cm³/mol. The Morgan fingerprint density at radius 1 is 1.04 bits per heavy atom. The van der Waals surface area contributed by atoms with E-state index < -0.39 is 0 Å². The molecular formula is C21H18N4OS2. The van der Waals surface area contributed by atoms with Gasteiger partial charge in [-0.05, 0) is 54.8 Å².